The molecule has 0 saturated heterocycles. The van der Waals surface area contributed by atoms with E-state index in [0.717, 1.165) is 24.3 Å². The van der Waals surface area contributed by atoms with Crippen LogP contribution >= 0.6 is 23.2 Å². The van der Waals surface area contributed by atoms with Gasteiger partial charge in [0.2, 0.25) is 0 Å². The molecule has 0 bridgehead atoms. The van der Waals surface area contributed by atoms with Crippen LogP contribution in [-0.2, 0) is 4.79 Å². The first-order valence-electron chi connectivity index (χ1n) is 6.02. The first-order valence-corrected chi connectivity index (χ1v) is 7.09. The van der Waals surface area contributed by atoms with Crippen molar-refractivity contribution in [1.29, 1.82) is 0 Å². The Balaban J connectivity index is 2.68. The molecule has 3 nitrogen and oxygen atoms in total. The van der Waals surface area contributed by atoms with E-state index < -0.39 is 5.97 Å². The number of carboxylic acid groups (broad SMARTS) is 1. The summed E-state index contributed by atoms with van der Waals surface area (Å²) in [5.74, 6) is 0.275. The molecule has 0 radical (unpaired) electrons. The fraction of sp³-hybridized carbons (Fsp3) is 0.357. The van der Waals surface area contributed by atoms with Gasteiger partial charge in [0.25, 0.3) is 0 Å². The third kappa shape index (κ3) is 5.99. The molecule has 1 aromatic rings. The number of alkyl halides is 2. The van der Waals surface area contributed by atoms with Crippen molar-refractivity contribution in [3.8, 4) is 0 Å². The highest BCUT2D eigenvalue weighted by Gasteiger charge is 2.04. The summed E-state index contributed by atoms with van der Waals surface area (Å²) >= 11 is 11.5. The summed E-state index contributed by atoms with van der Waals surface area (Å²) in [5.41, 5.74) is 2.04. The molecule has 0 spiro atoms. The van der Waals surface area contributed by atoms with Crippen molar-refractivity contribution >= 4 is 40.9 Å². The van der Waals surface area contributed by atoms with Crippen molar-refractivity contribution in [2.75, 3.05) is 29.7 Å². The van der Waals surface area contributed by atoms with Crippen LogP contribution in [0.2, 0.25) is 0 Å². The lowest BCUT2D eigenvalue weighted by molar-refractivity contribution is -0.135. The van der Waals surface area contributed by atoms with Crippen molar-refractivity contribution in [3.05, 3.63) is 35.9 Å². The van der Waals surface area contributed by atoms with Crippen LogP contribution in [0.1, 0.15) is 12.0 Å². The van der Waals surface area contributed by atoms with Crippen molar-refractivity contribution in [2.24, 2.45) is 0 Å². The minimum Gasteiger partial charge on any atom is -0.481 e. The van der Waals surface area contributed by atoms with Gasteiger partial charge in [0.1, 0.15) is 0 Å². The maximum Gasteiger partial charge on any atom is 0.307 e. The van der Waals surface area contributed by atoms with Crippen LogP contribution in [0.4, 0.5) is 5.69 Å². The molecule has 0 aromatic heterocycles. The van der Waals surface area contributed by atoms with Crippen molar-refractivity contribution in [1.82, 2.24) is 0 Å². The standard InChI is InChI=1S/C14H17Cl2NO2/c15-8-10-17(11-9-16)13-6-4-12(5-7-13)2-1-3-14(18)19/h1-2,4-7H,3,8-11H2,(H,18,19). The van der Waals surface area contributed by atoms with Gasteiger partial charge in [-0.25, -0.2) is 0 Å². The molecule has 1 N–H and O–H groups in total. The second kappa shape index (κ2) is 8.83. The molecule has 0 aliphatic rings. The number of hydrogen-bond donors (Lipinski definition) is 1. The Morgan fingerprint density at radius 1 is 1.16 bits per heavy atom. The molecule has 104 valence electrons. The van der Waals surface area contributed by atoms with Gasteiger partial charge in [-0.2, -0.15) is 0 Å². The van der Waals surface area contributed by atoms with Gasteiger partial charge in [-0.15, -0.1) is 23.2 Å². The zero-order valence-corrected chi connectivity index (χ0v) is 12.1. The second-order valence-corrected chi connectivity index (χ2v) is 4.71. The van der Waals surface area contributed by atoms with E-state index >= 15 is 0 Å². The van der Waals surface area contributed by atoms with Gasteiger partial charge in [-0.1, -0.05) is 24.3 Å². The highest BCUT2D eigenvalue weighted by molar-refractivity contribution is 6.18. The highest BCUT2D eigenvalue weighted by Crippen LogP contribution is 2.16. The van der Waals surface area contributed by atoms with Gasteiger partial charge in [-0.3, -0.25) is 4.79 Å². The van der Waals surface area contributed by atoms with Crippen LogP contribution < -0.4 is 4.90 Å². The van der Waals surface area contributed by atoms with E-state index in [4.69, 9.17) is 28.3 Å². The van der Waals surface area contributed by atoms with Gasteiger partial charge in [0, 0.05) is 30.5 Å². The second-order valence-electron chi connectivity index (χ2n) is 3.96. The molecular weight excluding hydrogens is 285 g/mol. The number of carboxylic acids is 1. The van der Waals surface area contributed by atoms with Crippen molar-refractivity contribution in [2.45, 2.75) is 6.42 Å². The van der Waals surface area contributed by atoms with Gasteiger partial charge in [-0.05, 0) is 17.7 Å². The number of benzene rings is 1. The van der Waals surface area contributed by atoms with E-state index in [2.05, 4.69) is 4.90 Å². The predicted molar refractivity (Wildman–Crippen MR) is 81.4 cm³/mol. The smallest absolute Gasteiger partial charge is 0.307 e. The molecule has 1 rings (SSSR count). The molecule has 0 aliphatic heterocycles. The van der Waals surface area contributed by atoms with Crippen molar-refractivity contribution < 1.29 is 9.90 Å². The first kappa shape index (κ1) is 15.9. The summed E-state index contributed by atoms with van der Waals surface area (Å²) in [7, 11) is 0. The fourth-order valence-corrected chi connectivity index (χ4v) is 2.07. The molecule has 1 aromatic carbocycles. The molecule has 0 saturated carbocycles. The van der Waals surface area contributed by atoms with Crippen molar-refractivity contribution in [3.63, 3.8) is 0 Å². The maximum absolute atomic E-state index is 10.4. The summed E-state index contributed by atoms with van der Waals surface area (Å²) in [4.78, 5) is 12.5. The number of aliphatic carboxylic acids is 1. The molecule has 0 aliphatic carbocycles. The number of halogens is 2. The fourth-order valence-electron chi connectivity index (χ4n) is 1.67. The van der Waals surface area contributed by atoms with Crippen LogP contribution in [-0.4, -0.2) is 35.9 Å². The summed E-state index contributed by atoms with van der Waals surface area (Å²) in [6, 6.07) is 7.87. The minimum atomic E-state index is -0.830. The van der Waals surface area contributed by atoms with Gasteiger partial charge in [0.15, 0.2) is 0 Å². The third-order valence-corrected chi connectivity index (χ3v) is 2.91. The van der Waals surface area contributed by atoms with Gasteiger partial charge < -0.3 is 10.0 Å². The van der Waals surface area contributed by atoms with Crippen LogP contribution in [0.5, 0.6) is 0 Å². The van der Waals surface area contributed by atoms with Gasteiger partial charge in [0.05, 0.1) is 6.42 Å². The number of hydrogen-bond acceptors (Lipinski definition) is 2. The average molecular weight is 302 g/mol. The van der Waals surface area contributed by atoms with E-state index in [-0.39, 0.29) is 6.42 Å². The monoisotopic (exact) mass is 301 g/mol. The number of carbonyl (C=O) groups is 1. The molecule has 5 heteroatoms. The van der Waals surface area contributed by atoms with E-state index in [1.54, 1.807) is 12.2 Å². The summed E-state index contributed by atoms with van der Waals surface area (Å²) in [6.45, 7) is 1.50. The molecule has 0 heterocycles. The lowest BCUT2D eigenvalue weighted by Gasteiger charge is -2.22. The Labute approximate surface area is 123 Å². The average Bonchev–Trinajstić information content (AvgIpc) is 2.39. The van der Waals surface area contributed by atoms with Crippen LogP contribution in [0.25, 0.3) is 6.08 Å². The molecule has 0 atom stereocenters. The number of rotatable bonds is 8. The van der Waals surface area contributed by atoms with E-state index in [1.807, 2.05) is 24.3 Å². The molecule has 0 amide bonds. The Hall–Kier alpha value is -1.19. The van der Waals surface area contributed by atoms with Crippen LogP contribution in [0.15, 0.2) is 30.3 Å². The molecule has 0 fully saturated rings. The zero-order chi connectivity index (χ0) is 14.1. The topological polar surface area (TPSA) is 40.5 Å². The first-order chi connectivity index (χ1) is 9.17. The molecular formula is C14H17Cl2NO2. The summed E-state index contributed by atoms with van der Waals surface area (Å²) in [6.07, 6.45) is 3.46. The third-order valence-electron chi connectivity index (χ3n) is 2.57. The quantitative estimate of drug-likeness (QED) is 0.748. The Bertz CT molecular complexity index is 412. The normalized spacial score (nSPS) is 10.8. The Kier molecular flexibility index (Phi) is 7.38. The lowest BCUT2D eigenvalue weighted by Crippen LogP contribution is -2.27. The lowest BCUT2D eigenvalue weighted by atomic mass is 10.1. The Morgan fingerprint density at radius 3 is 2.21 bits per heavy atom. The number of nitrogens with zero attached hydrogens (tertiary/aromatic N) is 1. The largest absolute Gasteiger partial charge is 0.481 e. The minimum absolute atomic E-state index is 0.0341. The predicted octanol–water partition coefficient (Wildman–Crippen LogP) is 3.46. The summed E-state index contributed by atoms with van der Waals surface area (Å²) in [5, 5.41) is 8.54. The van der Waals surface area contributed by atoms with E-state index in [9.17, 15) is 4.79 Å². The maximum atomic E-state index is 10.4. The molecule has 0 unspecified atom stereocenters. The Morgan fingerprint density at radius 2 is 1.74 bits per heavy atom. The summed E-state index contributed by atoms with van der Waals surface area (Å²) < 4.78 is 0. The van der Waals surface area contributed by atoms with E-state index in [1.165, 1.54) is 0 Å². The van der Waals surface area contributed by atoms with Gasteiger partial charge >= 0.3 is 5.97 Å². The van der Waals surface area contributed by atoms with Crippen LogP contribution in [0.3, 0.4) is 0 Å². The number of anilines is 1. The highest BCUT2D eigenvalue weighted by atomic mass is 35.5. The molecule has 19 heavy (non-hydrogen) atoms. The van der Waals surface area contributed by atoms with Crippen LogP contribution in [0, 0.1) is 0 Å². The van der Waals surface area contributed by atoms with E-state index in [0.29, 0.717) is 11.8 Å². The SMILES string of the molecule is O=C(O)CC=Cc1ccc(N(CCCl)CCCl)cc1. The zero-order valence-electron chi connectivity index (χ0n) is 10.6.